The van der Waals surface area contributed by atoms with Crippen molar-refractivity contribution in [2.75, 3.05) is 17.2 Å². The highest BCUT2D eigenvalue weighted by Gasteiger charge is 2.20. The zero-order valence-electron chi connectivity index (χ0n) is 12.1. The minimum atomic E-state index is 0.281. The number of para-hydroxylation sites is 1. The van der Waals surface area contributed by atoms with Gasteiger partial charge in [-0.3, -0.25) is 0 Å². The Balaban J connectivity index is 2.55. The Morgan fingerprint density at radius 3 is 2.42 bits per heavy atom. The second-order valence-electron chi connectivity index (χ2n) is 4.94. The lowest BCUT2D eigenvalue weighted by atomic mass is 10.2. The van der Waals surface area contributed by atoms with E-state index < -0.39 is 0 Å². The van der Waals surface area contributed by atoms with Crippen molar-refractivity contribution in [1.29, 1.82) is 0 Å². The Hall–Kier alpha value is -1.97. The van der Waals surface area contributed by atoms with Crippen LogP contribution >= 0.6 is 0 Å². The summed E-state index contributed by atoms with van der Waals surface area (Å²) < 4.78 is 2.00. The Morgan fingerprint density at radius 2 is 1.89 bits per heavy atom. The van der Waals surface area contributed by atoms with Crippen molar-refractivity contribution in [2.45, 2.75) is 33.7 Å². The fourth-order valence-corrected chi connectivity index (χ4v) is 2.24. The van der Waals surface area contributed by atoms with Gasteiger partial charge in [0.15, 0.2) is 5.82 Å². The van der Waals surface area contributed by atoms with Gasteiger partial charge in [-0.15, -0.1) is 0 Å². The van der Waals surface area contributed by atoms with Crippen LogP contribution in [0.1, 0.15) is 32.5 Å². The van der Waals surface area contributed by atoms with Crippen LogP contribution in [0.4, 0.5) is 17.2 Å². The lowest BCUT2D eigenvalue weighted by molar-refractivity contribution is 0.529. The number of nitrogens with two attached hydrogens (primary N) is 1. The number of rotatable bonds is 4. The van der Waals surface area contributed by atoms with Crippen LogP contribution in [0, 0.1) is 6.92 Å². The third-order valence-corrected chi connectivity index (χ3v) is 3.23. The number of nitrogen functional groups attached to an aromatic ring is 1. The normalized spacial score (nSPS) is 11.0. The van der Waals surface area contributed by atoms with Crippen molar-refractivity contribution in [1.82, 2.24) is 9.78 Å². The molecule has 0 amide bonds. The molecule has 1 aromatic heterocycles. The molecule has 0 saturated carbocycles. The maximum Gasteiger partial charge on any atom is 0.155 e. The average Bonchev–Trinajstić information content (AvgIpc) is 2.70. The molecule has 0 aliphatic heterocycles. The molecule has 19 heavy (non-hydrogen) atoms. The van der Waals surface area contributed by atoms with E-state index in [9.17, 15) is 0 Å². The average molecular weight is 258 g/mol. The van der Waals surface area contributed by atoms with E-state index in [-0.39, 0.29) is 6.04 Å². The van der Waals surface area contributed by atoms with E-state index >= 15 is 0 Å². The minimum Gasteiger partial charge on any atom is -0.394 e. The molecule has 0 aliphatic rings. The first-order chi connectivity index (χ1) is 9.06. The van der Waals surface area contributed by atoms with Gasteiger partial charge in [-0.05, 0) is 39.8 Å². The van der Waals surface area contributed by atoms with Crippen molar-refractivity contribution in [2.24, 2.45) is 0 Å². The fourth-order valence-electron chi connectivity index (χ4n) is 2.24. The Kier molecular flexibility index (Phi) is 3.79. The molecule has 0 spiro atoms. The van der Waals surface area contributed by atoms with E-state index in [1.165, 1.54) is 0 Å². The number of aromatic nitrogens is 2. The number of benzene rings is 1. The summed E-state index contributed by atoms with van der Waals surface area (Å²) in [5, 5.41) is 4.55. The van der Waals surface area contributed by atoms with Gasteiger partial charge in [-0.1, -0.05) is 18.2 Å². The van der Waals surface area contributed by atoms with E-state index in [2.05, 4.69) is 42.9 Å². The summed E-state index contributed by atoms with van der Waals surface area (Å²) in [6.07, 6.45) is 0. The number of hydrogen-bond acceptors (Lipinski definition) is 3. The van der Waals surface area contributed by atoms with Crippen LogP contribution in [-0.4, -0.2) is 16.3 Å². The zero-order chi connectivity index (χ0) is 14.0. The lowest BCUT2D eigenvalue weighted by Crippen LogP contribution is -2.22. The zero-order valence-corrected chi connectivity index (χ0v) is 12.1. The first-order valence-electron chi connectivity index (χ1n) is 6.73. The first kappa shape index (κ1) is 13.5. The highest BCUT2D eigenvalue weighted by atomic mass is 15.4. The molecule has 2 aromatic rings. The van der Waals surface area contributed by atoms with Gasteiger partial charge in [0.1, 0.15) is 0 Å². The number of nitrogens with zero attached hydrogens (tertiary/aromatic N) is 3. The summed E-state index contributed by atoms with van der Waals surface area (Å²) in [4.78, 5) is 2.20. The van der Waals surface area contributed by atoms with Gasteiger partial charge in [0.25, 0.3) is 0 Å². The molecule has 2 rings (SSSR count). The number of hydrogen-bond donors (Lipinski definition) is 1. The molecule has 0 saturated heterocycles. The predicted molar refractivity (Wildman–Crippen MR) is 80.9 cm³/mol. The van der Waals surface area contributed by atoms with Crippen LogP contribution in [0.25, 0.3) is 0 Å². The third kappa shape index (κ3) is 2.43. The van der Waals surface area contributed by atoms with Gasteiger partial charge in [-0.25, -0.2) is 4.68 Å². The quantitative estimate of drug-likeness (QED) is 0.912. The van der Waals surface area contributed by atoms with E-state index in [0.29, 0.717) is 0 Å². The van der Waals surface area contributed by atoms with E-state index in [1.807, 2.05) is 29.8 Å². The summed E-state index contributed by atoms with van der Waals surface area (Å²) >= 11 is 0. The summed E-state index contributed by atoms with van der Waals surface area (Å²) in [7, 11) is 0. The van der Waals surface area contributed by atoms with Crippen molar-refractivity contribution in [3.8, 4) is 0 Å². The molecule has 0 radical (unpaired) electrons. The van der Waals surface area contributed by atoms with Crippen LogP contribution in [0.3, 0.4) is 0 Å². The maximum absolute atomic E-state index is 6.23. The highest BCUT2D eigenvalue weighted by molar-refractivity contribution is 5.73. The summed E-state index contributed by atoms with van der Waals surface area (Å²) in [6.45, 7) is 9.17. The molecule has 2 N–H and O–H groups in total. The molecule has 0 bridgehead atoms. The molecule has 0 fully saturated rings. The smallest absolute Gasteiger partial charge is 0.155 e. The largest absolute Gasteiger partial charge is 0.394 e. The molecule has 1 heterocycles. The molecule has 4 nitrogen and oxygen atoms in total. The molecule has 0 aliphatic carbocycles. The van der Waals surface area contributed by atoms with Crippen LogP contribution in [0.2, 0.25) is 0 Å². The second-order valence-corrected chi connectivity index (χ2v) is 4.94. The number of aryl methyl sites for hydroxylation is 1. The SMILES string of the molecule is CCN(c1ccccc1)c1c(N)c(C)nn1C(C)C. The van der Waals surface area contributed by atoms with Gasteiger partial charge in [-0.2, -0.15) is 5.10 Å². The van der Waals surface area contributed by atoms with Crippen molar-refractivity contribution in [3.63, 3.8) is 0 Å². The summed E-state index contributed by atoms with van der Waals surface area (Å²) in [5.41, 5.74) is 9.02. The Morgan fingerprint density at radius 1 is 1.26 bits per heavy atom. The first-order valence-corrected chi connectivity index (χ1v) is 6.73. The Labute approximate surface area is 114 Å². The maximum atomic E-state index is 6.23. The van der Waals surface area contributed by atoms with E-state index in [4.69, 9.17) is 5.73 Å². The van der Waals surface area contributed by atoms with Gasteiger partial charge >= 0.3 is 0 Å². The molecule has 4 heteroatoms. The van der Waals surface area contributed by atoms with Gasteiger partial charge < -0.3 is 10.6 Å². The molecule has 0 unspecified atom stereocenters. The fraction of sp³-hybridized carbons (Fsp3) is 0.400. The van der Waals surface area contributed by atoms with E-state index in [1.54, 1.807) is 0 Å². The lowest BCUT2D eigenvalue weighted by Gasteiger charge is -2.25. The Bertz CT molecular complexity index is 543. The summed E-state index contributed by atoms with van der Waals surface area (Å²) in [5.74, 6) is 0.987. The molecular weight excluding hydrogens is 236 g/mol. The third-order valence-electron chi connectivity index (χ3n) is 3.23. The second kappa shape index (κ2) is 5.34. The molecular formula is C15H22N4. The predicted octanol–water partition coefficient (Wildman–Crippen LogP) is 3.51. The van der Waals surface area contributed by atoms with Gasteiger partial charge in [0.05, 0.1) is 11.4 Å². The molecule has 0 atom stereocenters. The summed E-state index contributed by atoms with van der Waals surface area (Å²) in [6, 6.07) is 10.6. The highest BCUT2D eigenvalue weighted by Crippen LogP contribution is 2.34. The van der Waals surface area contributed by atoms with Gasteiger partial charge in [0, 0.05) is 18.3 Å². The monoisotopic (exact) mass is 258 g/mol. The topological polar surface area (TPSA) is 47.1 Å². The van der Waals surface area contributed by atoms with Crippen molar-refractivity contribution in [3.05, 3.63) is 36.0 Å². The minimum absolute atomic E-state index is 0.281. The van der Waals surface area contributed by atoms with Gasteiger partial charge in [0.2, 0.25) is 0 Å². The van der Waals surface area contributed by atoms with Crippen LogP contribution in [-0.2, 0) is 0 Å². The number of anilines is 3. The van der Waals surface area contributed by atoms with Crippen LogP contribution < -0.4 is 10.6 Å². The van der Waals surface area contributed by atoms with E-state index in [0.717, 1.165) is 29.4 Å². The van der Waals surface area contributed by atoms with Crippen LogP contribution in [0.15, 0.2) is 30.3 Å². The standard InChI is InChI=1S/C15H22N4/c1-5-18(13-9-7-6-8-10-13)15-14(16)12(4)17-19(15)11(2)3/h6-11H,5,16H2,1-4H3. The van der Waals surface area contributed by atoms with Crippen LogP contribution in [0.5, 0.6) is 0 Å². The molecule has 102 valence electrons. The van der Waals surface area contributed by atoms with Crippen molar-refractivity contribution >= 4 is 17.2 Å². The molecule has 1 aromatic carbocycles. The van der Waals surface area contributed by atoms with Crippen molar-refractivity contribution < 1.29 is 0 Å².